The third-order valence-corrected chi connectivity index (χ3v) is 5.35. The van der Waals surface area contributed by atoms with Crippen LogP contribution in [0.5, 0.6) is 5.75 Å². The summed E-state index contributed by atoms with van der Waals surface area (Å²) in [4.78, 5) is 17.7. The molecule has 1 aliphatic rings. The van der Waals surface area contributed by atoms with Crippen molar-refractivity contribution in [2.45, 2.75) is 13.0 Å². The number of fused-ring (bicyclic) bond motifs is 1. The maximum Gasteiger partial charge on any atom is 0.186 e. The van der Waals surface area contributed by atoms with E-state index in [-0.39, 0.29) is 0 Å². The summed E-state index contributed by atoms with van der Waals surface area (Å²) >= 11 is 1.71. The molecule has 6 nitrogen and oxygen atoms in total. The van der Waals surface area contributed by atoms with Crippen molar-refractivity contribution in [1.29, 1.82) is 0 Å². The van der Waals surface area contributed by atoms with E-state index in [0.29, 0.717) is 12.6 Å². The third kappa shape index (κ3) is 2.75. The van der Waals surface area contributed by atoms with Crippen molar-refractivity contribution in [3.63, 3.8) is 0 Å². The molecule has 1 saturated heterocycles. The van der Waals surface area contributed by atoms with Gasteiger partial charge in [0.05, 0.1) is 29.1 Å². The molecule has 3 heterocycles. The minimum Gasteiger partial charge on any atom is -0.494 e. The summed E-state index contributed by atoms with van der Waals surface area (Å²) in [6.07, 6.45) is 5.24. The van der Waals surface area contributed by atoms with Crippen molar-refractivity contribution in [3.05, 3.63) is 36.8 Å². The van der Waals surface area contributed by atoms with E-state index in [1.807, 2.05) is 25.3 Å². The van der Waals surface area contributed by atoms with Gasteiger partial charge in [-0.1, -0.05) is 11.3 Å². The van der Waals surface area contributed by atoms with E-state index in [2.05, 4.69) is 32.9 Å². The van der Waals surface area contributed by atoms with Crippen molar-refractivity contribution in [3.8, 4) is 5.75 Å². The minimum atomic E-state index is 0.443. The summed E-state index contributed by atoms with van der Waals surface area (Å²) < 4.78 is 6.73. The Morgan fingerprint density at radius 2 is 2.21 bits per heavy atom. The van der Waals surface area contributed by atoms with Crippen molar-refractivity contribution in [2.75, 3.05) is 36.5 Å². The second-order valence-electron chi connectivity index (χ2n) is 5.79. The number of aromatic nitrogens is 3. The van der Waals surface area contributed by atoms with Gasteiger partial charge in [-0.15, -0.1) is 0 Å². The zero-order valence-electron chi connectivity index (χ0n) is 13.7. The van der Waals surface area contributed by atoms with Crippen molar-refractivity contribution < 1.29 is 4.74 Å². The molecule has 0 radical (unpaired) electrons. The lowest BCUT2D eigenvalue weighted by Gasteiger charge is -2.44. The highest BCUT2D eigenvalue weighted by atomic mass is 32.1. The van der Waals surface area contributed by atoms with Crippen molar-refractivity contribution >= 4 is 32.5 Å². The second-order valence-corrected chi connectivity index (χ2v) is 6.80. The smallest absolute Gasteiger partial charge is 0.186 e. The van der Waals surface area contributed by atoms with Gasteiger partial charge < -0.3 is 14.5 Å². The number of likely N-dealkylation sites (N-methyl/N-ethyl adjacent to an activating group) is 1. The van der Waals surface area contributed by atoms with Crippen molar-refractivity contribution in [1.82, 2.24) is 15.0 Å². The van der Waals surface area contributed by atoms with Crippen LogP contribution in [0, 0.1) is 0 Å². The monoisotopic (exact) mass is 341 g/mol. The second kappa shape index (κ2) is 6.24. The molecule has 0 spiro atoms. The molecule has 4 rings (SSSR count). The molecule has 2 aromatic heterocycles. The van der Waals surface area contributed by atoms with Crippen LogP contribution < -0.4 is 14.5 Å². The number of anilines is 2. The summed E-state index contributed by atoms with van der Waals surface area (Å²) in [6, 6.07) is 6.52. The minimum absolute atomic E-state index is 0.443. The first-order valence-electron chi connectivity index (χ1n) is 8.02. The Bertz CT molecular complexity index is 831. The summed E-state index contributed by atoms with van der Waals surface area (Å²) in [5, 5.41) is 1.04. The van der Waals surface area contributed by atoms with Gasteiger partial charge in [0.2, 0.25) is 0 Å². The van der Waals surface area contributed by atoms with Crippen LogP contribution in [0.2, 0.25) is 0 Å². The van der Waals surface area contributed by atoms with Gasteiger partial charge in [-0.3, -0.25) is 4.98 Å². The predicted molar refractivity (Wildman–Crippen MR) is 97.2 cm³/mol. The zero-order chi connectivity index (χ0) is 16.5. The van der Waals surface area contributed by atoms with Gasteiger partial charge >= 0.3 is 0 Å². The quantitative estimate of drug-likeness (QED) is 0.711. The highest BCUT2D eigenvalue weighted by Crippen LogP contribution is 2.33. The first kappa shape index (κ1) is 15.1. The largest absolute Gasteiger partial charge is 0.494 e. The Hall–Kier alpha value is -2.41. The molecule has 0 aliphatic carbocycles. The fourth-order valence-electron chi connectivity index (χ4n) is 2.80. The van der Waals surface area contributed by atoms with Crippen LogP contribution >= 0.6 is 11.3 Å². The van der Waals surface area contributed by atoms with Gasteiger partial charge in [0.15, 0.2) is 5.13 Å². The molecule has 0 atom stereocenters. The molecule has 24 heavy (non-hydrogen) atoms. The van der Waals surface area contributed by atoms with Crippen molar-refractivity contribution in [2.24, 2.45) is 0 Å². The molecular weight excluding hydrogens is 322 g/mol. The third-order valence-electron chi connectivity index (χ3n) is 4.24. The number of hydrogen-bond donors (Lipinski definition) is 0. The molecule has 7 heteroatoms. The SMILES string of the molecule is CCOc1ccc2nc(N(C)C3CN(c4cnccn4)C3)sc2c1. The van der Waals surface area contributed by atoms with Gasteiger partial charge in [-0.2, -0.15) is 0 Å². The molecule has 1 aliphatic heterocycles. The summed E-state index contributed by atoms with van der Waals surface area (Å²) in [5.74, 6) is 1.84. The van der Waals surface area contributed by atoms with E-state index in [1.165, 1.54) is 0 Å². The summed E-state index contributed by atoms with van der Waals surface area (Å²) in [5.41, 5.74) is 1.02. The van der Waals surface area contributed by atoms with Crippen LogP contribution in [0.25, 0.3) is 10.2 Å². The lowest BCUT2D eigenvalue weighted by molar-refractivity contribution is 0.341. The number of ether oxygens (including phenoxy) is 1. The Balaban J connectivity index is 1.47. The Labute approximate surface area is 144 Å². The van der Waals surface area contributed by atoms with Gasteiger partial charge in [-0.05, 0) is 25.1 Å². The molecule has 0 bridgehead atoms. The van der Waals surface area contributed by atoms with Crippen LogP contribution in [0.4, 0.5) is 10.9 Å². The molecular formula is C17H19N5OS. The maximum atomic E-state index is 5.57. The lowest BCUT2D eigenvalue weighted by Crippen LogP contribution is -2.59. The number of nitrogens with zero attached hydrogens (tertiary/aromatic N) is 5. The molecule has 3 aromatic rings. The van der Waals surface area contributed by atoms with Crippen LogP contribution in [0.15, 0.2) is 36.8 Å². The molecule has 1 fully saturated rings. The number of rotatable bonds is 5. The molecule has 0 N–H and O–H groups in total. The molecule has 124 valence electrons. The average molecular weight is 341 g/mol. The topological polar surface area (TPSA) is 54.4 Å². The Morgan fingerprint density at radius 3 is 2.96 bits per heavy atom. The number of thiazole rings is 1. The van der Waals surface area contributed by atoms with Gasteiger partial charge in [0.1, 0.15) is 11.6 Å². The fraction of sp³-hybridized carbons (Fsp3) is 0.353. The molecule has 0 amide bonds. The van der Waals surface area contributed by atoms with Crippen LogP contribution in [0.1, 0.15) is 6.92 Å². The first-order chi connectivity index (χ1) is 11.7. The normalized spacial score (nSPS) is 14.7. The number of benzene rings is 1. The highest BCUT2D eigenvalue weighted by molar-refractivity contribution is 7.22. The lowest BCUT2D eigenvalue weighted by atomic mass is 10.1. The highest BCUT2D eigenvalue weighted by Gasteiger charge is 2.32. The average Bonchev–Trinajstić information content (AvgIpc) is 2.98. The Kier molecular flexibility index (Phi) is 3.93. The van der Waals surface area contributed by atoms with E-state index in [4.69, 9.17) is 9.72 Å². The van der Waals surface area contributed by atoms with Gasteiger partial charge in [0, 0.05) is 32.5 Å². The van der Waals surface area contributed by atoms with E-state index in [1.54, 1.807) is 23.7 Å². The predicted octanol–water partition coefficient (Wildman–Crippen LogP) is 2.81. The van der Waals surface area contributed by atoms with Crippen LogP contribution in [0.3, 0.4) is 0 Å². The van der Waals surface area contributed by atoms with Gasteiger partial charge in [0.25, 0.3) is 0 Å². The standard InChI is InChI=1S/C17H19N5OS/c1-3-23-13-4-5-14-15(8-13)24-17(20-14)21(2)12-10-22(11-12)16-9-18-6-7-19-16/h4-9,12H,3,10-11H2,1-2H3. The van der Waals surface area contributed by atoms with Gasteiger partial charge in [-0.25, -0.2) is 9.97 Å². The fourth-order valence-corrected chi connectivity index (χ4v) is 3.83. The summed E-state index contributed by atoms with van der Waals surface area (Å²) in [7, 11) is 2.11. The molecule has 0 saturated carbocycles. The van der Waals surface area contributed by atoms with E-state index < -0.39 is 0 Å². The van der Waals surface area contributed by atoms with E-state index >= 15 is 0 Å². The van der Waals surface area contributed by atoms with E-state index in [0.717, 1.165) is 40.0 Å². The van der Waals surface area contributed by atoms with Crippen LogP contribution in [-0.4, -0.2) is 47.7 Å². The molecule has 0 unspecified atom stereocenters. The number of hydrogen-bond acceptors (Lipinski definition) is 7. The Morgan fingerprint density at radius 1 is 1.33 bits per heavy atom. The zero-order valence-corrected chi connectivity index (χ0v) is 14.5. The first-order valence-corrected chi connectivity index (χ1v) is 8.83. The molecule has 1 aromatic carbocycles. The van der Waals surface area contributed by atoms with Crippen LogP contribution in [-0.2, 0) is 0 Å². The van der Waals surface area contributed by atoms with E-state index in [9.17, 15) is 0 Å². The summed E-state index contributed by atoms with van der Waals surface area (Å²) in [6.45, 7) is 4.55. The maximum absolute atomic E-state index is 5.57.